The molecule has 1 aromatic rings. The third-order valence-electron chi connectivity index (χ3n) is 2.82. The van der Waals surface area contributed by atoms with E-state index >= 15 is 0 Å². The number of carbonyl (C=O) groups is 1. The van der Waals surface area contributed by atoms with Gasteiger partial charge in [0, 0.05) is 41.9 Å². The first kappa shape index (κ1) is 9.23. The van der Waals surface area contributed by atoms with Gasteiger partial charge < -0.3 is 15.7 Å². The van der Waals surface area contributed by atoms with Gasteiger partial charge in [0.1, 0.15) is 0 Å². The van der Waals surface area contributed by atoms with Crippen molar-refractivity contribution in [3.63, 3.8) is 0 Å². The lowest BCUT2D eigenvalue weighted by Gasteiger charge is -2.24. The van der Waals surface area contributed by atoms with E-state index in [-0.39, 0.29) is 23.4 Å². The van der Waals surface area contributed by atoms with Crippen LogP contribution in [0.2, 0.25) is 0 Å². The molecule has 3 N–H and O–H groups in total. The second-order valence-electron chi connectivity index (χ2n) is 4.42. The summed E-state index contributed by atoms with van der Waals surface area (Å²) in [6, 6.07) is 3.26. The van der Waals surface area contributed by atoms with E-state index in [0.29, 0.717) is 11.1 Å². The van der Waals surface area contributed by atoms with Crippen molar-refractivity contribution in [3.8, 4) is 0 Å². The van der Waals surface area contributed by atoms with Gasteiger partial charge in [-0.15, -0.1) is 23.2 Å². The van der Waals surface area contributed by atoms with E-state index < -0.39 is 36.7 Å². The van der Waals surface area contributed by atoms with Crippen molar-refractivity contribution in [1.82, 2.24) is 0 Å². The van der Waals surface area contributed by atoms with Crippen molar-refractivity contribution in [2.45, 2.75) is 25.8 Å². The summed E-state index contributed by atoms with van der Waals surface area (Å²) < 4.78 is 62.7. The number of halogens is 2. The Kier molecular flexibility index (Phi) is 4.01. The van der Waals surface area contributed by atoms with Gasteiger partial charge in [0.05, 0.1) is 11.9 Å². The highest BCUT2D eigenvalue weighted by Crippen LogP contribution is 2.21. The number of benzene rings is 1. The third kappa shape index (κ3) is 6.12. The Bertz CT molecular complexity index is 727. The number of rotatable bonds is 9. The molecule has 0 bridgehead atoms. The Morgan fingerprint density at radius 2 is 2.05 bits per heavy atom. The van der Waals surface area contributed by atoms with Crippen LogP contribution in [-0.4, -0.2) is 41.8 Å². The molecule has 0 saturated carbocycles. The average Bonchev–Trinajstić information content (AvgIpc) is 2.47. The standard InChI is InChI=1S/C15H22Cl2N2O2/c1-11-2-3-14(19(6-4-16)7-5-17)9-12(11)8-13(18)10-15(20)21/h2-3,9,13H,4-8,10,18H2,1H3,(H,20,21)/t13-/m0/s1/i4D2,5D2,6D2,7D2. The van der Waals surface area contributed by atoms with E-state index in [4.69, 9.17) is 45.0 Å². The zero-order valence-electron chi connectivity index (χ0n) is 19.4. The van der Waals surface area contributed by atoms with Gasteiger partial charge in [0.25, 0.3) is 0 Å². The molecule has 0 spiro atoms. The van der Waals surface area contributed by atoms with Crippen LogP contribution in [0.1, 0.15) is 28.5 Å². The molecular formula is C15H22Cl2N2O2. The van der Waals surface area contributed by atoms with Gasteiger partial charge in [-0.25, -0.2) is 0 Å². The Morgan fingerprint density at radius 3 is 2.57 bits per heavy atom. The summed E-state index contributed by atoms with van der Waals surface area (Å²) >= 11 is 11.1. The van der Waals surface area contributed by atoms with E-state index in [1.807, 2.05) is 0 Å². The lowest BCUT2D eigenvalue weighted by molar-refractivity contribution is -0.137. The van der Waals surface area contributed by atoms with Crippen LogP contribution in [0.15, 0.2) is 18.2 Å². The van der Waals surface area contributed by atoms with Crippen LogP contribution in [-0.2, 0) is 11.2 Å². The number of hydrogen-bond acceptors (Lipinski definition) is 3. The molecule has 4 nitrogen and oxygen atoms in total. The summed E-state index contributed by atoms with van der Waals surface area (Å²) in [5.41, 5.74) is 6.68. The Labute approximate surface area is 147 Å². The molecule has 0 aliphatic heterocycles. The maximum Gasteiger partial charge on any atom is 0.304 e. The molecule has 0 radical (unpaired) electrons. The molecule has 0 aromatic heterocycles. The largest absolute Gasteiger partial charge is 0.481 e. The molecule has 1 rings (SSSR count). The van der Waals surface area contributed by atoms with Gasteiger partial charge >= 0.3 is 5.97 Å². The smallest absolute Gasteiger partial charge is 0.304 e. The van der Waals surface area contributed by atoms with E-state index in [9.17, 15) is 4.79 Å². The van der Waals surface area contributed by atoms with Crippen molar-refractivity contribution < 1.29 is 20.9 Å². The maximum absolute atomic E-state index is 10.8. The van der Waals surface area contributed by atoms with Crippen LogP contribution in [0.25, 0.3) is 0 Å². The zero-order valence-corrected chi connectivity index (χ0v) is 12.9. The molecule has 0 aliphatic rings. The number of aryl methyl sites for hydroxylation is 1. The minimum Gasteiger partial charge on any atom is -0.481 e. The molecule has 21 heavy (non-hydrogen) atoms. The summed E-state index contributed by atoms with van der Waals surface area (Å²) in [7, 11) is 0. The van der Waals surface area contributed by atoms with Gasteiger partial charge in [-0.1, -0.05) is 6.07 Å². The molecule has 6 heteroatoms. The minimum absolute atomic E-state index is 0.0628. The molecule has 1 atom stereocenters. The summed E-state index contributed by atoms with van der Waals surface area (Å²) in [4.78, 5) is 11.1. The molecule has 0 fully saturated rings. The lowest BCUT2D eigenvalue weighted by atomic mass is 9.99. The average molecular weight is 341 g/mol. The summed E-state index contributed by atoms with van der Waals surface area (Å²) in [6.07, 6.45) is -0.267. The third-order valence-corrected chi connectivity index (χ3v) is 2.99. The number of hydrogen-bond donors (Lipinski definition) is 2. The number of carboxylic acid groups (broad SMARTS) is 1. The summed E-state index contributed by atoms with van der Waals surface area (Å²) in [5.74, 6) is -7.34. The lowest BCUT2D eigenvalue weighted by Crippen LogP contribution is -2.29. The fraction of sp³-hybridized carbons (Fsp3) is 0.533. The molecule has 0 saturated heterocycles. The monoisotopic (exact) mass is 340 g/mol. The van der Waals surface area contributed by atoms with Crippen LogP contribution in [0.4, 0.5) is 5.69 Å². The quantitative estimate of drug-likeness (QED) is 0.678. The van der Waals surface area contributed by atoms with E-state index in [1.165, 1.54) is 18.2 Å². The SMILES string of the molecule is [2H]C([2H])(Cl)C([2H])([2H])N(c1ccc(C)c(C[C@H](N)CC(=O)O)c1)C([2H])([2H])C([2H])([2H])Cl. The number of aliphatic carboxylic acids is 1. The second kappa shape index (κ2) is 9.13. The zero-order chi connectivity index (χ0) is 23.0. The van der Waals surface area contributed by atoms with Gasteiger partial charge in [0.15, 0.2) is 0 Å². The van der Waals surface area contributed by atoms with Crippen LogP contribution >= 0.6 is 23.2 Å². The normalized spacial score (nSPS) is 20.6. The maximum atomic E-state index is 10.8. The van der Waals surface area contributed by atoms with E-state index in [2.05, 4.69) is 0 Å². The molecule has 1 aromatic carbocycles. The van der Waals surface area contributed by atoms with Crippen LogP contribution < -0.4 is 10.6 Å². The fourth-order valence-electron chi connectivity index (χ4n) is 1.84. The van der Waals surface area contributed by atoms with Crippen LogP contribution in [0.5, 0.6) is 0 Å². The molecule has 0 amide bonds. The van der Waals surface area contributed by atoms with Crippen molar-refractivity contribution in [1.29, 1.82) is 0 Å². The Hall–Kier alpha value is -0.970. The molecule has 118 valence electrons. The van der Waals surface area contributed by atoms with Gasteiger partial charge in [-0.2, -0.15) is 0 Å². The Balaban J connectivity index is 3.59. The minimum atomic E-state index is -3.23. The number of anilines is 1. The number of alkyl halides is 2. The van der Waals surface area contributed by atoms with Gasteiger partial charge in [0.2, 0.25) is 0 Å². The highest BCUT2D eigenvalue weighted by atomic mass is 35.5. The molecule has 0 unspecified atom stereocenters. The predicted octanol–water partition coefficient (Wildman–Crippen LogP) is 2.62. The van der Waals surface area contributed by atoms with Crippen molar-refractivity contribution >= 4 is 34.9 Å². The highest BCUT2D eigenvalue weighted by Gasteiger charge is 2.13. The number of nitrogens with two attached hydrogens (primary N) is 1. The topological polar surface area (TPSA) is 66.6 Å². The Morgan fingerprint density at radius 1 is 1.43 bits per heavy atom. The van der Waals surface area contributed by atoms with E-state index in [0.717, 1.165) is 0 Å². The van der Waals surface area contributed by atoms with Crippen molar-refractivity contribution in [2.75, 3.05) is 29.6 Å². The summed E-state index contributed by atoms with van der Waals surface area (Å²) in [5, 5.41) is 8.87. The van der Waals surface area contributed by atoms with Crippen molar-refractivity contribution in [2.24, 2.45) is 5.73 Å². The van der Waals surface area contributed by atoms with Gasteiger partial charge in [-0.05, 0) is 36.6 Å². The number of carboxylic acids is 1. The molecule has 0 heterocycles. The van der Waals surface area contributed by atoms with Crippen LogP contribution in [0.3, 0.4) is 0 Å². The molecule has 0 aliphatic carbocycles. The predicted molar refractivity (Wildman–Crippen MR) is 88.8 cm³/mol. The first-order valence-electron chi connectivity index (χ1n) is 10.1. The first-order chi connectivity index (χ1) is 12.8. The van der Waals surface area contributed by atoms with Gasteiger partial charge in [-0.3, -0.25) is 4.79 Å². The fourth-order valence-corrected chi connectivity index (χ4v) is 2.01. The first-order valence-corrected chi connectivity index (χ1v) is 6.83. The summed E-state index contributed by atoms with van der Waals surface area (Å²) in [6.45, 7) is -4.77. The molecular weight excluding hydrogens is 311 g/mol. The second-order valence-corrected chi connectivity index (χ2v) is 4.80. The van der Waals surface area contributed by atoms with Crippen molar-refractivity contribution in [3.05, 3.63) is 29.3 Å². The number of nitrogens with zero attached hydrogens (tertiary/aromatic N) is 1. The highest BCUT2D eigenvalue weighted by molar-refractivity contribution is 6.18. The van der Waals surface area contributed by atoms with Crippen LogP contribution in [0, 0.1) is 6.92 Å². The van der Waals surface area contributed by atoms with E-state index in [1.54, 1.807) is 6.92 Å².